The zero-order valence-electron chi connectivity index (χ0n) is 19.6. The number of methoxy groups -OCH3 is 1. The Kier molecular flexibility index (Phi) is 6.70. The molecule has 4 rings (SSSR count). The highest BCUT2D eigenvalue weighted by Crippen LogP contribution is 2.32. The van der Waals surface area contributed by atoms with E-state index >= 15 is 0 Å². The lowest BCUT2D eigenvalue weighted by Gasteiger charge is -2.25. The van der Waals surface area contributed by atoms with Crippen molar-refractivity contribution >= 4 is 29.4 Å². The summed E-state index contributed by atoms with van der Waals surface area (Å²) < 4.78 is 12.8. The summed E-state index contributed by atoms with van der Waals surface area (Å²) in [6.45, 7) is 5.25. The molecule has 0 spiro atoms. The van der Waals surface area contributed by atoms with Crippen molar-refractivity contribution in [2.75, 3.05) is 7.11 Å². The molecule has 0 unspecified atom stereocenters. The van der Waals surface area contributed by atoms with Crippen molar-refractivity contribution in [2.45, 2.75) is 32.9 Å². The second-order valence-corrected chi connectivity index (χ2v) is 9.25. The molecule has 8 nitrogen and oxygen atoms in total. The lowest BCUT2D eigenvalue weighted by molar-refractivity contribution is -0.143. The van der Waals surface area contributed by atoms with Crippen LogP contribution in [-0.2, 0) is 9.53 Å². The summed E-state index contributed by atoms with van der Waals surface area (Å²) in [7, 11) is 1.55. The van der Waals surface area contributed by atoms with Gasteiger partial charge in [-0.3, -0.25) is 9.36 Å². The Labute approximate surface area is 205 Å². The first-order valence-corrected chi connectivity index (χ1v) is 11.7. The van der Waals surface area contributed by atoms with Gasteiger partial charge in [0.15, 0.2) is 4.80 Å². The highest BCUT2D eigenvalue weighted by molar-refractivity contribution is 7.07. The fraction of sp³-hybridized carbons (Fsp3) is 0.231. The van der Waals surface area contributed by atoms with Crippen LogP contribution in [0.4, 0.5) is 0 Å². The molecule has 0 fully saturated rings. The van der Waals surface area contributed by atoms with Gasteiger partial charge in [0.25, 0.3) is 5.56 Å². The first kappa shape index (κ1) is 24.2. The number of fused-ring (bicyclic) bond motifs is 1. The topological polar surface area (TPSA) is 107 Å². The zero-order valence-corrected chi connectivity index (χ0v) is 20.5. The molecule has 2 heterocycles. The Bertz CT molecular complexity index is 1510. The van der Waals surface area contributed by atoms with Gasteiger partial charge in [-0.15, -0.1) is 0 Å². The number of aromatic nitrogens is 1. The van der Waals surface area contributed by atoms with Gasteiger partial charge in [0.1, 0.15) is 5.75 Å². The van der Waals surface area contributed by atoms with E-state index in [1.165, 1.54) is 28.0 Å². The summed E-state index contributed by atoms with van der Waals surface area (Å²) in [5.41, 5.74) is 1.97. The van der Waals surface area contributed by atoms with Gasteiger partial charge in [-0.05, 0) is 62.2 Å². The number of nitrogens with zero attached hydrogens (tertiary/aromatic N) is 2. The molecule has 0 amide bonds. The molecule has 0 saturated carbocycles. The molecule has 1 aliphatic heterocycles. The zero-order chi connectivity index (χ0) is 25.3. The molecule has 0 bridgehead atoms. The molecule has 1 aliphatic rings. The third-order valence-electron chi connectivity index (χ3n) is 5.45. The average molecular weight is 493 g/mol. The normalized spacial score (nSPS) is 15.6. The van der Waals surface area contributed by atoms with E-state index in [0.717, 1.165) is 0 Å². The number of ether oxygens (including phenoxy) is 2. The number of thiazole rings is 1. The van der Waals surface area contributed by atoms with E-state index in [9.17, 15) is 14.4 Å². The smallest absolute Gasteiger partial charge is 0.338 e. The molecule has 0 saturated heterocycles. The van der Waals surface area contributed by atoms with Gasteiger partial charge in [-0.2, -0.15) is 0 Å². The SMILES string of the molecule is COc1cccc([C@@H]2C(C(=O)OC(C)C)=C(C)N=c3s/c(=C/c4ccc(C(=O)O)cc4)c(=O)n32)c1. The molecule has 3 aromatic rings. The molecule has 9 heteroatoms. The lowest BCUT2D eigenvalue weighted by atomic mass is 9.95. The van der Waals surface area contributed by atoms with Crippen molar-refractivity contribution < 1.29 is 24.2 Å². The van der Waals surface area contributed by atoms with E-state index in [0.29, 0.717) is 31.9 Å². The molecule has 35 heavy (non-hydrogen) atoms. The van der Waals surface area contributed by atoms with E-state index in [1.807, 2.05) is 6.07 Å². The average Bonchev–Trinajstić information content (AvgIpc) is 3.12. The number of benzene rings is 2. The molecule has 180 valence electrons. The largest absolute Gasteiger partial charge is 0.497 e. The fourth-order valence-corrected chi connectivity index (χ4v) is 4.91. The van der Waals surface area contributed by atoms with Crippen molar-refractivity contribution in [3.05, 3.63) is 96.2 Å². The number of hydrogen-bond acceptors (Lipinski definition) is 7. The number of allylic oxidation sites excluding steroid dienone is 1. The standard InChI is InChI=1S/C26H24N2O6S/c1-14(2)34-25(32)21-15(3)27-26-28(22(21)18-6-5-7-19(13-18)33-4)23(29)20(35-26)12-16-8-10-17(11-9-16)24(30)31/h5-14,22H,1-4H3,(H,30,31)/b20-12+/t22-/m1/s1. The molecule has 0 aliphatic carbocycles. The van der Waals surface area contributed by atoms with Crippen LogP contribution >= 0.6 is 11.3 Å². The Morgan fingerprint density at radius 3 is 2.51 bits per heavy atom. The van der Waals surface area contributed by atoms with E-state index in [-0.39, 0.29) is 22.8 Å². The van der Waals surface area contributed by atoms with Gasteiger partial charge >= 0.3 is 11.9 Å². The summed E-state index contributed by atoms with van der Waals surface area (Å²) >= 11 is 1.20. The molecule has 1 atom stereocenters. The maximum absolute atomic E-state index is 13.6. The van der Waals surface area contributed by atoms with Crippen LogP contribution in [0.25, 0.3) is 6.08 Å². The van der Waals surface area contributed by atoms with Crippen LogP contribution in [0, 0.1) is 0 Å². The number of rotatable bonds is 6. The summed E-state index contributed by atoms with van der Waals surface area (Å²) in [5, 5.41) is 9.12. The third kappa shape index (κ3) is 4.81. The summed E-state index contributed by atoms with van der Waals surface area (Å²) in [5.74, 6) is -0.965. The number of esters is 1. The second-order valence-electron chi connectivity index (χ2n) is 8.24. The number of carbonyl (C=O) groups excluding carboxylic acids is 1. The minimum atomic E-state index is -1.02. The highest BCUT2D eigenvalue weighted by atomic mass is 32.1. The van der Waals surface area contributed by atoms with Crippen LogP contribution in [0.2, 0.25) is 0 Å². The van der Waals surface area contributed by atoms with Crippen molar-refractivity contribution in [1.82, 2.24) is 4.57 Å². The number of aromatic carboxylic acids is 1. The predicted octanol–water partition coefficient (Wildman–Crippen LogP) is 2.89. The van der Waals surface area contributed by atoms with Crippen molar-refractivity contribution in [1.29, 1.82) is 0 Å². The number of carbonyl (C=O) groups is 2. The van der Waals surface area contributed by atoms with Gasteiger partial charge in [-0.1, -0.05) is 35.6 Å². The van der Waals surface area contributed by atoms with Crippen LogP contribution in [0.3, 0.4) is 0 Å². The van der Waals surface area contributed by atoms with Gasteiger partial charge in [-0.25, -0.2) is 14.6 Å². The highest BCUT2D eigenvalue weighted by Gasteiger charge is 2.34. The Balaban J connectivity index is 1.91. The summed E-state index contributed by atoms with van der Waals surface area (Å²) in [6, 6.07) is 12.7. The van der Waals surface area contributed by atoms with Crippen LogP contribution in [0.15, 0.2) is 69.6 Å². The van der Waals surface area contributed by atoms with Crippen molar-refractivity contribution in [2.24, 2.45) is 4.99 Å². The minimum absolute atomic E-state index is 0.158. The molecular formula is C26H24N2O6S. The van der Waals surface area contributed by atoms with E-state index in [1.54, 1.807) is 64.3 Å². The second kappa shape index (κ2) is 9.71. The maximum Gasteiger partial charge on any atom is 0.338 e. The quantitative estimate of drug-likeness (QED) is 0.531. The Hall–Kier alpha value is -3.98. The van der Waals surface area contributed by atoms with Gasteiger partial charge in [0, 0.05) is 0 Å². The predicted molar refractivity (Wildman–Crippen MR) is 131 cm³/mol. The number of carboxylic acid groups (broad SMARTS) is 1. The molecule has 1 aromatic heterocycles. The van der Waals surface area contributed by atoms with Crippen molar-refractivity contribution in [3.63, 3.8) is 0 Å². The van der Waals surface area contributed by atoms with Gasteiger partial charge in [0.05, 0.1) is 40.6 Å². The molecule has 2 aromatic carbocycles. The number of carboxylic acids is 1. The molecule has 1 N–H and O–H groups in total. The Morgan fingerprint density at radius 1 is 1.17 bits per heavy atom. The van der Waals surface area contributed by atoms with Gasteiger partial charge in [0.2, 0.25) is 0 Å². The van der Waals surface area contributed by atoms with Crippen LogP contribution < -0.4 is 19.6 Å². The first-order chi connectivity index (χ1) is 16.7. The fourth-order valence-electron chi connectivity index (χ4n) is 3.86. The molecular weight excluding hydrogens is 468 g/mol. The molecule has 0 radical (unpaired) electrons. The van der Waals surface area contributed by atoms with Crippen LogP contribution in [0.5, 0.6) is 5.75 Å². The number of hydrogen-bond donors (Lipinski definition) is 1. The maximum atomic E-state index is 13.6. The third-order valence-corrected chi connectivity index (χ3v) is 6.43. The summed E-state index contributed by atoms with van der Waals surface area (Å²) in [4.78, 5) is 42.9. The van der Waals surface area contributed by atoms with E-state index < -0.39 is 18.0 Å². The van der Waals surface area contributed by atoms with Crippen LogP contribution in [-0.4, -0.2) is 34.8 Å². The van der Waals surface area contributed by atoms with Crippen molar-refractivity contribution in [3.8, 4) is 5.75 Å². The van der Waals surface area contributed by atoms with Crippen LogP contribution in [0.1, 0.15) is 48.3 Å². The monoisotopic (exact) mass is 492 g/mol. The Morgan fingerprint density at radius 2 is 1.89 bits per heavy atom. The first-order valence-electron chi connectivity index (χ1n) is 10.9. The lowest BCUT2D eigenvalue weighted by Crippen LogP contribution is -2.40. The summed E-state index contributed by atoms with van der Waals surface area (Å²) in [6.07, 6.45) is 1.34. The minimum Gasteiger partial charge on any atom is -0.497 e. The van der Waals surface area contributed by atoms with Gasteiger partial charge < -0.3 is 14.6 Å². The van der Waals surface area contributed by atoms with E-state index in [2.05, 4.69) is 4.99 Å². The van der Waals surface area contributed by atoms with E-state index in [4.69, 9.17) is 14.6 Å².